The monoisotopic (exact) mass is 380 g/mol. The SMILES string of the molecule is CC1(C)C(=O)OCCN1S(=O)(=O)c1ccc(N2C(=O)CCCC2=O)cc1. The van der Waals surface area contributed by atoms with E-state index in [-0.39, 0.29) is 42.7 Å². The zero-order valence-corrected chi connectivity index (χ0v) is 15.4. The van der Waals surface area contributed by atoms with Crippen LogP contribution in [0.2, 0.25) is 0 Å². The lowest BCUT2D eigenvalue weighted by atomic mass is 10.1. The fraction of sp³-hybridized carbons (Fsp3) is 0.471. The molecule has 2 saturated heterocycles. The summed E-state index contributed by atoms with van der Waals surface area (Å²) in [5.41, 5.74) is -0.967. The van der Waals surface area contributed by atoms with E-state index in [2.05, 4.69) is 0 Å². The third-order valence-electron chi connectivity index (χ3n) is 4.61. The van der Waals surface area contributed by atoms with Crippen LogP contribution < -0.4 is 4.90 Å². The van der Waals surface area contributed by atoms with Crippen molar-refractivity contribution >= 4 is 33.5 Å². The van der Waals surface area contributed by atoms with E-state index < -0.39 is 21.5 Å². The number of benzene rings is 1. The van der Waals surface area contributed by atoms with Crippen molar-refractivity contribution in [3.05, 3.63) is 24.3 Å². The highest BCUT2D eigenvalue weighted by molar-refractivity contribution is 7.89. The Morgan fingerprint density at radius 3 is 2.15 bits per heavy atom. The van der Waals surface area contributed by atoms with Gasteiger partial charge >= 0.3 is 5.97 Å². The van der Waals surface area contributed by atoms with E-state index in [9.17, 15) is 22.8 Å². The van der Waals surface area contributed by atoms with Crippen molar-refractivity contribution in [2.24, 2.45) is 0 Å². The van der Waals surface area contributed by atoms with Crippen LogP contribution in [0.15, 0.2) is 29.2 Å². The molecule has 2 aliphatic heterocycles. The number of morpholine rings is 1. The molecule has 2 amide bonds. The summed E-state index contributed by atoms with van der Waals surface area (Å²) >= 11 is 0. The molecular weight excluding hydrogens is 360 g/mol. The van der Waals surface area contributed by atoms with E-state index in [1.54, 1.807) is 0 Å². The summed E-state index contributed by atoms with van der Waals surface area (Å²) in [5, 5.41) is 0. The Balaban J connectivity index is 1.91. The summed E-state index contributed by atoms with van der Waals surface area (Å²) < 4.78 is 31.9. The molecule has 9 heteroatoms. The zero-order chi connectivity index (χ0) is 19.1. The summed E-state index contributed by atoms with van der Waals surface area (Å²) in [6, 6.07) is 5.55. The predicted octanol–water partition coefficient (Wildman–Crippen LogP) is 1.06. The molecule has 140 valence electrons. The van der Waals surface area contributed by atoms with Gasteiger partial charge in [0.15, 0.2) is 0 Å². The normalized spacial score (nSPS) is 21.6. The van der Waals surface area contributed by atoms with Gasteiger partial charge in [-0.25, -0.2) is 8.42 Å². The topological polar surface area (TPSA) is 101 Å². The van der Waals surface area contributed by atoms with Crippen LogP contribution in [-0.4, -0.2) is 49.2 Å². The molecule has 0 N–H and O–H groups in total. The molecule has 0 unspecified atom stereocenters. The Hall–Kier alpha value is -2.26. The van der Waals surface area contributed by atoms with Crippen LogP contribution in [-0.2, 0) is 29.1 Å². The van der Waals surface area contributed by atoms with Gasteiger partial charge in [-0.15, -0.1) is 0 Å². The van der Waals surface area contributed by atoms with Gasteiger partial charge in [0, 0.05) is 19.4 Å². The zero-order valence-electron chi connectivity index (χ0n) is 14.6. The molecule has 2 aliphatic rings. The number of piperidine rings is 1. The summed E-state index contributed by atoms with van der Waals surface area (Å²) in [6.45, 7) is 3.04. The number of hydrogen-bond acceptors (Lipinski definition) is 6. The van der Waals surface area contributed by atoms with E-state index in [0.29, 0.717) is 12.1 Å². The standard InChI is InChI=1S/C17H20N2O6S/c1-17(2)16(22)25-11-10-18(17)26(23,24)13-8-6-12(7-9-13)19-14(20)4-3-5-15(19)21/h6-9H,3-5,10-11H2,1-2H3. The molecule has 0 radical (unpaired) electrons. The Labute approximate surface area is 151 Å². The quantitative estimate of drug-likeness (QED) is 0.574. The molecule has 3 rings (SSSR count). The number of amides is 2. The number of nitrogens with zero attached hydrogens (tertiary/aromatic N) is 2. The average Bonchev–Trinajstić information content (AvgIpc) is 2.57. The number of ether oxygens (including phenoxy) is 1. The van der Waals surface area contributed by atoms with Crippen LogP contribution in [0.3, 0.4) is 0 Å². The first-order valence-corrected chi connectivity index (χ1v) is 9.75. The van der Waals surface area contributed by atoms with E-state index in [0.717, 1.165) is 9.21 Å². The largest absolute Gasteiger partial charge is 0.463 e. The lowest BCUT2D eigenvalue weighted by Gasteiger charge is -2.38. The molecule has 0 aliphatic carbocycles. The molecule has 0 saturated carbocycles. The number of esters is 1. The van der Waals surface area contributed by atoms with Crippen molar-refractivity contribution in [2.75, 3.05) is 18.1 Å². The van der Waals surface area contributed by atoms with Gasteiger partial charge in [0.2, 0.25) is 21.8 Å². The van der Waals surface area contributed by atoms with Crippen molar-refractivity contribution in [3.63, 3.8) is 0 Å². The van der Waals surface area contributed by atoms with E-state index in [1.807, 2.05) is 0 Å². The molecule has 1 aromatic rings. The number of carbonyl (C=O) groups is 3. The Morgan fingerprint density at radius 2 is 1.58 bits per heavy atom. The first kappa shape index (κ1) is 18.5. The summed E-state index contributed by atoms with van der Waals surface area (Å²) in [4.78, 5) is 37.0. The maximum atomic E-state index is 12.9. The number of hydrogen-bond donors (Lipinski definition) is 0. The molecule has 2 heterocycles. The molecule has 0 aromatic heterocycles. The molecule has 8 nitrogen and oxygen atoms in total. The highest BCUT2D eigenvalue weighted by Crippen LogP contribution is 2.30. The minimum absolute atomic E-state index is 0.00361. The molecule has 2 fully saturated rings. The number of rotatable bonds is 3. The number of anilines is 1. The summed E-state index contributed by atoms with van der Waals surface area (Å²) in [5.74, 6) is -1.19. The fourth-order valence-electron chi connectivity index (χ4n) is 3.14. The summed E-state index contributed by atoms with van der Waals surface area (Å²) in [7, 11) is -3.93. The summed E-state index contributed by atoms with van der Waals surface area (Å²) in [6.07, 6.45) is 1.10. The minimum Gasteiger partial charge on any atom is -0.463 e. The molecule has 0 bridgehead atoms. The number of imide groups is 1. The average molecular weight is 380 g/mol. The van der Waals surface area contributed by atoms with Crippen molar-refractivity contribution in [2.45, 2.75) is 43.5 Å². The molecular formula is C17H20N2O6S. The maximum Gasteiger partial charge on any atom is 0.327 e. The number of carbonyl (C=O) groups excluding carboxylic acids is 3. The van der Waals surface area contributed by atoms with Crippen LogP contribution in [0.1, 0.15) is 33.1 Å². The van der Waals surface area contributed by atoms with Crippen LogP contribution >= 0.6 is 0 Å². The van der Waals surface area contributed by atoms with Gasteiger partial charge in [-0.05, 0) is 44.5 Å². The van der Waals surface area contributed by atoms with Gasteiger partial charge < -0.3 is 4.74 Å². The van der Waals surface area contributed by atoms with Crippen LogP contribution in [0.4, 0.5) is 5.69 Å². The molecule has 1 aromatic carbocycles. The lowest BCUT2D eigenvalue weighted by Crippen LogP contribution is -2.58. The number of cyclic esters (lactones) is 1. The first-order valence-electron chi connectivity index (χ1n) is 8.31. The van der Waals surface area contributed by atoms with Gasteiger partial charge in [0.05, 0.1) is 10.6 Å². The highest BCUT2D eigenvalue weighted by Gasteiger charge is 2.46. The van der Waals surface area contributed by atoms with E-state index in [1.165, 1.54) is 38.1 Å². The van der Waals surface area contributed by atoms with Crippen molar-refractivity contribution < 1.29 is 27.5 Å². The van der Waals surface area contributed by atoms with E-state index in [4.69, 9.17) is 4.74 Å². The lowest BCUT2D eigenvalue weighted by molar-refractivity contribution is -0.160. The molecule has 26 heavy (non-hydrogen) atoms. The van der Waals surface area contributed by atoms with Gasteiger partial charge in [-0.3, -0.25) is 19.3 Å². The fourth-order valence-corrected chi connectivity index (χ4v) is 4.86. The Bertz CT molecular complexity index is 844. The van der Waals surface area contributed by atoms with Gasteiger partial charge in [-0.2, -0.15) is 4.31 Å². The van der Waals surface area contributed by atoms with Crippen molar-refractivity contribution in [1.29, 1.82) is 0 Å². The Kier molecular flexibility index (Phi) is 4.61. The predicted molar refractivity (Wildman–Crippen MR) is 91.7 cm³/mol. The van der Waals surface area contributed by atoms with Crippen LogP contribution in [0.25, 0.3) is 0 Å². The van der Waals surface area contributed by atoms with Crippen molar-refractivity contribution in [3.8, 4) is 0 Å². The molecule has 0 atom stereocenters. The van der Waals surface area contributed by atoms with Gasteiger partial charge in [-0.1, -0.05) is 0 Å². The molecule has 0 spiro atoms. The maximum absolute atomic E-state index is 12.9. The van der Waals surface area contributed by atoms with Crippen LogP contribution in [0, 0.1) is 0 Å². The van der Waals surface area contributed by atoms with E-state index >= 15 is 0 Å². The van der Waals surface area contributed by atoms with Crippen LogP contribution in [0.5, 0.6) is 0 Å². The third-order valence-corrected chi connectivity index (χ3v) is 6.70. The smallest absolute Gasteiger partial charge is 0.327 e. The first-order chi connectivity index (χ1) is 12.2. The number of sulfonamides is 1. The highest BCUT2D eigenvalue weighted by atomic mass is 32.2. The Morgan fingerprint density at radius 1 is 1.00 bits per heavy atom. The minimum atomic E-state index is -3.93. The third kappa shape index (κ3) is 3.01. The van der Waals surface area contributed by atoms with Crippen molar-refractivity contribution in [1.82, 2.24) is 4.31 Å². The van der Waals surface area contributed by atoms with Gasteiger partial charge in [0.1, 0.15) is 12.1 Å². The van der Waals surface area contributed by atoms with Gasteiger partial charge in [0.25, 0.3) is 0 Å². The second-order valence-electron chi connectivity index (χ2n) is 6.74. The second-order valence-corrected chi connectivity index (χ2v) is 8.60. The second kappa shape index (κ2) is 6.48.